The maximum atomic E-state index is 9.65. The molecule has 0 radical (unpaired) electrons. The fraction of sp³-hybridized carbons (Fsp3) is 0.222. The highest BCUT2D eigenvalue weighted by Crippen LogP contribution is 2.34. The topological polar surface area (TPSA) is 59.1 Å². The maximum absolute atomic E-state index is 9.65. The molecule has 0 aliphatic heterocycles. The summed E-state index contributed by atoms with van der Waals surface area (Å²) in [7, 11) is 0. The monoisotopic (exact) mass is 194 g/mol. The lowest BCUT2D eigenvalue weighted by Gasteiger charge is -2.02. The van der Waals surface area contributed by atoms with E-state index >= 15 is 0 Å². The second-order valence-corrected chi connectivity index (χ2v) is 4.10. The number of phenols is 1. The van der Waals surface area contributed by atoms with Gasteiger partial charge in [0.2, 0.25) is 0 Å². The lowest BCUT2D eigenvalue weighted by Crippen LogP contribution is -1.82. The van der Waals surface area contributed by atoms with Gasteiger partial charge in [0.05, 0.1) is 10.2 Å². The van der Waals surface area contributed by atoms with Gasteiger partial charge >= 0.3 is 0 Å². The number of phenolic OH excluding ortho intramolecular Hbond substituents is 1. The van der Waals surface area contributed by atoms with E-state index in [-0.39, 0.29) is 0 Å². The molecule has 1 heterocycles. The number of nitrogen functional groups attached to an aromatic ring is 1. The first kappa shape index (κ1) is 8.31. The van der Waals surface area contributed by atoms with E-state index in [1.807, 2.05) is 19.9 Å². The van der Waals surface area contributed by atoms with Crippen molar-refractivity contribution in [1.82, 2.24) is 4.98 Å². The molecule has 1 aromatic carbocycles. The number of aromatic hydroxyl groups is 1. The smallest absolute Gasteiger partial charge is 0.181 e. The molecule has 3 N–H and O–H groups in total. The fourth-order valence-corrected chi connectivity index (χ4v) is 2.20. The van der Waals surface area contributed by atoms with Gasteiger partial charge in [0.15, 0.2) is 5.13 Å². The largest absolute Gasteiger partial charge is 0.507 e. The minimum absolute atomic E-state index is 0.344. The van der Waals surface area contributed by atoms with Crippen molar-refractivity contribution in [3.05, 3.63) is 17.2 Å². The fourth-order valence-electron chi connectivity index (χ4n) is 1.39. The van der Waals surface area contributed by atoms with Crippen molar-refractivity contribution >= 4 is 26.7 Å². The van der Waals surface area contributed by atoms with Gasteiger partial charge in [-0.05, 0) is 25.5 Å². The van der Waals surface area contributed by atoms with Crippen LogP contribution < -0.4 is 5.73 Å². The molecular weight excluding hydrogens is 184 g/mol. The molecular formula is C9H10N2OS. The second kappa shape index (κ2) is 2.60. The van der Waals surface area contributed by atoms with E-state index in [4.69, 9.17) is 5.73 Å². The molecule has 2 rings (SSSR count). The van der Waals surface area contributed by atoms with Gasteiger partial charge in [0.25, 0.3) is 0 Å². The minimum atomic E-state index is 0.344. The quantitative estimate of drug-likeness (QED) is 0.676. The molecule has 2 aromatic rings. The molecule has 1 aromatic heterocycles. The molecule has 0 amide bonds. The number of fused-ring (bicyclic) bond motifs is 1. The zero-order valence-corrected chi connectivity index (χ0v) is 8.27. The van der Waals surface area contributed by atoms with Crippen LogP contribution in [0.5, 0.6) is 5.75 Å². The van der Waals surface area contributed by atoms with Crippen LogP contribution in [0.2, 0.25) is 0 Å². The number of aryl methyl sites for hydroxylation is 2. The molecule has 0 unspecified atom stereocenters. The first-order valence-corrected chi connectivity index (χ1v) is 4.76. The van der Waals surface area contributed by atoms with Crippen LogP contribution in [-0.4, -0.2) is 10.1 Å². The number of hydrogen-bond donors (Lipinski definition) is 2. The predicted molar refractivity (Wildman–Crippen MR) is 55.2 cm³/mol. The van der Waals surface area contributed by atoms with Crippen LogP contribution in [0.1, 0.15) is 11.1 Å². The number of aromatic nitrogens is 1. The van der Waals surface area contributed by atoms with E-state index < -0.39 is 0 Å². The van der Waals surface area contributed by atoms with Crippen LogP contribution in [0.15, 0.2) is 6.07 Å². The molecule has 0 fully saturated rings. The van der Waals surface area contributed by atoms with Crippen molar-refractivity contribution in [2.45, 2.75) is 13.8 Å². The Balaban J connectivity index is 2.92. The molecule has 0 spiro atoms. The number of rotatable bonds is 0. The Morgan fingerprint density at radius 2 is 2.15 bits per heavy atom. The molecule has 13 heavy (non-hydrogen) atoms. The molecule has 0 saturated carbocycles. The van der Waals surface area contributed by atoms with Gasteiger partial charge < -0.3 is 10.8 Å². The number of nitrogens with two attached hydrogens (primary N) is 1. The molecule has 0 atom stereocenters. The van der Waals surface area contributed by atoms with E-state index in [9.17, 15) is 5.11 Å². The Morgan fingerprint density at radius 1 is 1.46 bits per heavy atom. The molecule has 0 bridgehead atoms. The first-order valence-electron chi connectivity index (χ1n) is 3.95. The standard InChI is InChI=1S/C9H10N2OS/c1-4-3-6-8(5(2)7(4)12)13-9(10)11-6/h3,12H,1-2H3,(H2,10,11). The average molecular weight is 194 g/mol. The Labute approximate surface area is 79.8 Å². The molecule has 0 saturated heterocycles. The third-order valence-electron chi connectivity index (χ3n) is 2.09. The van der Waals surface area contributed by atoms with Crippen molar-refractivity contribution in [2.75, 3.05) is 5.73 Å². The molecule has 3 nitrogen and oxygen atoms in total. The minimum Gasteiger partial charge on any atom is -0.507 e. The van der Waals surface area contributed by atoms with E-state index in [0.29, 0.717) is 10.9 Å². The predicted octanol–water partition coefficient (Wildman–Crippen LogP) is 2.20. The zero-order chi connectivity index (χ0) is 9.59. The van der Waals surface area contributed by atoms with Crippen molar-refractivity contribution in [3.63, 3.8) is 0 Å². The zero-order valence-electron chi connectivity index (χ0n) is 7.46. The Bertz CT molecular complexity index is 476. The maximum Gasteiger partial charge on any atom is 0.181 e. The Kier molecular flexibility index (Phi) is 1.66. The van der Waals surface area contributed by atoms with Crippen LogP contribution in [-0.2, 0) is 0 Å². The summed E-state index contributed by atoms with van der Waals surface area (Å²) < 4.78 is 0.973. The van der Waals surface area contributed by atoms with Crippen LogP contribution >= 0.6 is 11.3 Å². The summed E-state index contributed by atoms with van der Waals surface area (Å²) in [4.78, 5) is 4.16. The van der Waals surface area contributed by atoms with Gasteiger partial charge in [-0.3, -0.25) is 0 Å². The van der Waals surface area contributed by atoms with Gasteiger partial charge in [-0.25, -0.2) is 4.98 Å². The molecule has 68 valence electrons. The Hall–Kier alpha value is -1.29. The third-order valence-corrected chi connectivity index (χ3v) is 3.11. The first-order chi connectivity index (χ1) is 6.09. The Morgan fingerprint density at radius 3 is 2.85 bits per heavy atom. The van der Waals surface area contributed by atoms with Gasteiger partial charge in [-0.15, -0.1) is 0 Å². The van der Waals surface area contributed by atoms with Crippen LogP contribution in [0.25, 0.3) is 10.2 Å². The van der Waals surface area contributed by atoms with Gasteiger partial charge in [-0.2, -0.15) is 0 Å². The number of thiazole rings is 1. The highest BCUT2D eigenvalue weighted by molar-refractivity contribution is 7.22. The summed E-state index contributed by atoms with van der Waals surface area (Å²) in [6.07, 6.45) is 0. The van der Waals surface area contributed by atoms with Crippen molar-refractivity contribution < 1.29 is 5.11 Å². The van der Waals surface area contributed by atoms with Crippen molar-refractivity contribution in [1.29, 1.82) is 0 Å². The van der Waals surface area contributed by atoms with Gasteiger partial charge in [0.1, 0.15) is 5.75 Å². The highest BCUT2D eigenvalue weighted by atomic mass is 32.1. The summed E-state index contributed by atoms with van der Waals surface area (Å²) in [6, 6.07) is 1.85. The summed E-state index contributed by atoms with van der Waals surface area (Å²) in [5.74, 6) is 0.344. The summed E-state index contributed by atoms with van der Waals surface area (Å²) >= 11 is 1.41. The van der Waals surface area contributed by atoms with E-state index in [1.54, 1.807) is 0 Å². The second-order valence-electron chi connectivity index (χ2n) is 3.07. The van der Waals surface area contributed by atoms with E-state index in [2.05, 4.69) is 4.98 Å². The number of benzene rings is 1. The van der Waals surface area contributed by atoms with E-state index in [0.717, 1.165) is 21.3 Å². The van der Waals surface area contributed by atoms with Crippen LogP contribution in [0.3, 0.4) is 0 Å². The number of hydrogen-bond acceptors (Lipinski definition) is 4. The lowest BCUT2D eigenvalue weighted by molar-refractivity contribution is 0.468. The van der Waals surface area contributed by atoms with Crippen molar-refractivity contribution in [2.24, 2.45) is 0 Å². The summed E-state index contributed by atoms with van der Waals surface area (Å²) in [6.45, 7) is 3.74. The van der Waals surface area contributed by atoms with Gasteiger partial charge in [0, 0.05) is 5.56 Å². The third kappa shape index (κ3) is 1.14. The number of anilines is 1. The average Bonchev–Trinajstić information content (AvgIpc) is 2.42. The van der Waals surface area contributed by atoms with Crippen LogP contribution in [0, 0.1) is 13.8 Å². The number of nitrogens with zero attached hydrogens (tertiary/aromatic N) is 1. The van der Waals surface area contributed by atoms with Crippen LogP contribution in [0.4, 0.5) is 5.13 Å². The van der Waals surface area contributed by atoms with Crippen molar-refractivity contribution in [3.8, 4) is 5.75 Å². The summed E-state index contributed by atoms with van der Waals surface area (Å²) in [5.41, 5.74) is 8.16. The lowest BCUT2D eigenvalue weighted by atomic mass is 10.1. The highest BCUT2D eigenvalue weighted by Gasteiger charge is 2.09. The molecule has 0 aliphatic carbocycles. The molecule has 4 heteroatoms. The summed E-state index contributed by atoms with van der Waals surface area (Å²) in [5, 5.41) is 10.2. The molecule has 0 aliphatic rings. The normalized spacial score (nSPS) is 10.9. The SMILES string of the molecule is Cc1cc2nc(N)sc2c(C)c1O. The van der Waals surface area contributed by atoms with Gasteiger partial charge in [-0.1, -0.05) is 11.3 Å². The van der Waals surface area contributed by atoms with E-state index in [1.165, 1.54) is 11.3 Å².